The van der Waals surface area contributed by atoms with E-state index in [1.165, 1.54) is 0 Å². The normalized spacial score (nSPS) is 19.7. The maximum Gasteiger partial charge on any atom is 0.341 e. The summed E-state index contributed by atoms with van der Waals surface area (Å²) in [5.41, 5.74) is 0.896. The summed E-state index contributed by atoms with van der Waals surface area (Å²) in [6.07, 6.45) is 6.05. The molecule has 0 spiro atoms. The van der Waals surface area contributed by atoms with Crippen LogP contribution in [0.5, 0.6) is 0 Å². The molecule has 2 aromatic rings. The van der Waals surface area contributed by atoms with Gasteiger partial charge >= 0.3 is 5.97 Å². The van der Waals surface area contributed by atoms with E-state index < -0.39 is 18.4 Å². The largest absolute Gasteiger partial charge is 0.478 e. The minimum atomic E-state index is -1.11. The number of hydrogen-bond acceptors (Lipinski definition) is 6. The molecule has 1 N–H and O–H groups in total. The van der Waals surface area contributed by atoms with E-state index in [9.17, 15) is 9.90 Å². The average molecular weight is 304 g/mol. The lowest BCUT2D eigenvalue weighted by Crippen LogP contribution is -2.25. The number of carboxylic acids is 1. The lowest BCUT2D eigenvalue weighted by atomic mass is 10.0. The zero-order chi connectivity index (χ0) is 15.4. The zero-order valence-electron chi connectivity index (χ0n) is 11.8. The molecule has 3 heterocycles. The van der Waals surface area contributed by atoms with Gasteiger partial charge in [0, 0.05) is 24.6 Å². The third kappa shape index (κ3) is 3.15. The van der Waals surface area contributed by atoms with Gasteiger partial charge in [0.1, 0.15) is 23.6 Å². The predicted molar refractivity (Wildman–Crippen MR) is 74.2 cm³/mol. The molecule has 7 heteroatoms. The molecular weight excluding hydrogens is 288 g/mol. The van der Waals surface area contributed by atoms with Gasteiger partial charge in [-0.25, -0.2) is 4.79 Å². The molecule has 1 aliphatic rings. The fourth-order valence-electron chi connectivity index (χ4n) is 2.40. The third-order valence-corrected chi connectivity index (χ3v) is 3.49. The van der Waals surface area contributed by atoms with Crippen molar-refractivity contribution in [2.45, 2.75) is 31.7 Å². The smallest absolute Gasteiger partial charge is 0.341 e. The van der Waals surface area contributed by atoms with E-state index in [1.54, 1.807) is 24.5 Å². The number of hydrogen-bond donors (Lipinski definition) is 1. The molecule has 7 nitrogen and oxygen atoms in total. The van der Waals surface area contributed by atoms with Gasteiger partial charge in [-0.3, -0.25) is 4.98 Å². The van der Waals surface area contributed by atoms with Crippen LogP contribution in [0.15, 0.2) is 35.3 Å². The van der Waals surface area contributed by atoms with Crippen molar-refractivity contribution in [3.05, 3.63) is 47.6 Å². The fourth-order valence-corrected chi connectivity index (χ4v) is 2.40. The van der Waals surface area contributed by atoms with Crippen LogP contribution in [0.25, 0.3) is 0 Å². The highest BCUT2D eigenvalue weighted by molar-refractivity contribution is 5.88. The highest BCUT2D eigenvalue weighted by atomic mass is 16.7. The van der Waals surface area contributed by atoms with Crippen molar-refractivity contribution in [2.24, 2.45) is 0 Å². The van der Waals surface area contributed by atoms with Crippen LogP contribution in [0, 0.1) is 0 Å². The van der Waals surface area contributed by atoms with Gasteiger partial charge < -0.3 is 19.1 Å². The molecule has 1 aliphatic heterocycles. The number of ether oxygens (including phenoxy) is 2. The number of aromatic nitrogens is 2. The first-order chi connectivity index (χ1) is 10.8. The van der Waals surface area contributed by atoms with Crippen molar-refractivity contribution in [1.82, 2.24) is 10.1 Å². The number of pyridine rings is 1. The number of carboxylic acid groups (broad SMARTS) is 1. The van der Waals surface area contributed by atoms with Crippen LogP contribution in [0.2, 0.25) is 0 Å². The van der Waals surface area contributed by atoms with Crippen LogP contribution >= 0.6 is 0 Å². The first kappa shape index (κ1) is 14.7. The molecule has 22 heavy (non-hydrogen) atoms. The van der Waals surface area contributed by atoms with Crippen LogP contribution < -0.4 is 0 Å². The van der Waals surface area contributed by atoms with E-state index in [0.29, 0.717) is 12.2 Å². The van der Waals surface area contributed by atoms with Gasteiger partial charge in [0.25, 0.3) is 0 Å². The highest BCUT2D eigenvalue weighted by Gasteiger charge is 2.29. The average Bonchev–Trinajstić information content (AvgIpc) is 3.04. The molecule has 2 atom stereocenters. The molecule has 0 unspecified atom stereocenters. The van der Waals surface area contributed by atoms with E-state index in [4.69, 9.17) is 14.0 Å². The van der Waals surface area contributed by atoms with Crippen molar-refractivity contribution >= 4 is 5.97 Å². The molecule has 3 rings (SSSR count). The van der Waals surface area contributed by atoms with Crippen LogP contribution in [0.4, 0.5) is 0 Å². The van der Waals surface area contributed by atoms with Gasteiger partial charge in [-0.1, -0.05) is 11.2 Å². The lowest BCUT2D eigenvalue weighted by Gasteiger charge is -2.27. The van der Waals surface area contributed by atoms with Crippen molar-refractivity contribution in [1.29, 1.82) is 0 Å². The summed E-state index contributed by atoms with van der Waals surface area (Å²) >= 11 is 0. The van der Waals surface area contributed by atoms with Gasteiger partial charge in [-0.05, 0) is 25.3 Å². The topological polar surface area (TPSA) is 94.7 Å². The van der Waals surface area contributed by atoms with Crippen LogP contribution in [-0.2, 0) is 9.47 Å². The van der Waals surface area contributed by atoms with Crippen LogP contribution in [0.3, 0.4) is 0 Å². The van der Waals surface area contributed by atoms with E-state index in [1.807, 2.05) is 0 Å². The molecule has 0 radical (unpaired) electrons. The Morgan fingerprint density at radius 1 is 1.45 bits per heavy atom. The van der Waals surface area contributed by atoms with Gasteiger partial charge in [0.2, 0.25) is 0 Å². The maximum absolute atomic E-state index is 11.3. The zero-order valence-corrected chi connectivity index (χ0v) is 11.8. The van der Waals surface area contributed by atoms with Gasteiger partial charge in [0.15, 0.2) is 6.29 Å². The second-order valence-corrected chi connectivity index (χ2v) is 5.02. The van der Waals surface area contributed by atoms with Gasteiger partial charge in [-0.2, -0.15) is 0 Å². The predicted octanol–water partition coefficient (Wildman–Crippen LogP) is 2.40. The Morgan fingerprint density at radius 3 is 3.05 bits per heavy atom. The molecule has 0 amide bonds. The summed E-state index contributed by atoms with van der Waals surface area (Å²) in [6.45, 7) is 0.634. The van der Waals surface area contributed by atoms with Crippen molar-refractivity contribution in [2.75, 3.05) is 6.61 Å². The van der Waals surface area contributed by atoms with Gasteiger partial charge in [-0.15, -0.1) is 0 Å². The molecular formula is C15H16N2O5. The van der Waals surface area contributed by atoms with Crippen LogP contribution in [0.1, 0.15) is 47.0 Å². The monoisotopic (exact) mass is 304 g/mol. The Bertz CT molecular complexity index is 622. The Balaban J connectivity index is 1.92. The number of rotatable bonds is 5. The molecule has 1 fully saturated rings. The molecule has 0 saturated carbocycles. The minimum absolute atomic E-state index is 0.0235. The van der Waals surface area contributed by atoms with E-state index in [2.05, 4.69) is 10.1 Å². The number of aromatic carboxylic acids is 1. The maximum atomic E-state index is 11.3. The Hall–Kier alpha value is -2.25. The molecule has 2 aromatic heterocycles. The molecule has 1 saturated heterocycles. The highest BCUT2D eigenvalue weighted by Crippen LogP contribution is 2.30. The quantitative estimate of drug-likeness (QED) is 0.906. The Labute approximate surface area is 126 Å². The van der Waals surface area contributed by atoms with E-state index in [0.717, 1.165) is 25.5 Å². The Morgan fingerprint density at radius 2 is 2.36 bits per heavy atom. The van der Waals surface area contributed by atoms with Gasteiger partial charge in [0.05, 0.1) is 0 Å². The first-order valence-electron chi connectivity index (χ1n) is 7.10. The SMILES string of the molecule is O=C(O)c1conc1[C@@H](O[C@@H]1CCCCO1)c1cccnc1. The molecule has 116 valence electrons. The molecule has 0 aromatic carbocycles. The number of carbonyl (C=O) groups is 1. The van der Waals surface area contributed by atoms with Crippen molar-refractivity contribution < 1.29 is 23.9 Å². The summed E-state index contributed by atoms with van der Waals surface area (Å²) in [5.74, 6) is -1.11. The molecule has 0 aliphatic carbocycles. The third-order valence-electron chi connectivity index (χ3n) is 3.49. The lowest BCUT2D eigenvalue weighted by molar-refractivity contribution is -0.182. The fraction of sp³-hybridized carbons (Fsp3) is 0.400. The second kappa shape index (κ2) is 6.67. The van der Waals surface area contributed by atoms with E-state index >= 15 is 0 Å². The van der Waals surface area contributed by atoms with Crippen molar-refractivity contribution in [3.8, 4) is 0 Å². The summed E-state index contributed by atoms with van der Waals surface area (Å²) in [7, 11) is 0. The number of nitrogens with zero attached hydrogens (tertiary/aromatic N) is 2. The summed E-state index contributed by atoms with van der Waals surface area (Å²) in [6, 6.07) is 3.56. The summed E-state index contributed by atoms with van der Waals surface area (Å²) in [5, 5.41) is 13.1. The van der Waals surface area contributed by atoms with E-state index in [-0.39, 0.29) is 11.3 Å². The summed E-state index contributed by atoms with van der Waals surface area (Å²) < 4.78 is 16.4. The molecule has 0 bridgehead atoms. The minimum Gasteiger partial charge on any atom is -0.478 e. The Kier molecular flexibility index (Phi) is 4.45. The first-order valence-corrected chi connectivity index (χ1v) is 7.10. The van der Waals surface area contributed by atoms with Crippen LogP contribution in [-0.4, -0.2) is 34.1 Å². The second-order valence-electron chi connectivity index (χ2n) is 5.02. The summed E-state index contributed by atoms with van der Waals surface area (Å²) in [4.78, 5) is 15.4. The van der Waals surface area contributed by atoms with Crippen molar-refractivity contribution in [3.63, 3.8) is 0 Å². The standard InChI is InChI=1S/C15H16N2O5/c18-15(19)11-9-21-17-13(11)14(10-4-3-6-16-8-10)22-12-5-1-2-7-20-12/h3-4,6,8-9,12,14H,1-2,5,7H2,(H,18,19)/t12-,14+/m1/s1.